The summed E-state index contributed by atoms with van der Waals surface area (Å²) in [6.07, 6.45) is 5.46. The largest absolute Gasteiger partial charge is 0.370 e. The zero-order valence-corrected chi connectivity index (χ0v) is 16.8. The number of rotatable bonds is 6. The summed E-state index contributed by atoms with van der Waals surface area (Å²) >= 11 is 0. The van der Waals surface area contributed by atoms with Crippen molar-refractivity contribution < 1.29 is 13.2 Å². The molecule has 0 spiro atoms. The quantitative estimate of drug-likeness (QED) is 0.500. The van der Waals surface area contributed by atoms with Crippen molar-refractivity contribution in [2.45, 2.75) is 39.0 Å². The molecule has 0 aliphatic carbocycles. The molecule has 0 aromatic heterocycles. The van der Waals surface area contributed by atoms with Crippen molar-refractivity contribution in [2.75, 3.05) is 45.5 Å². The van der Waals surface area contributed by atoms with Gasteiger partial charge in [0.05, 0.1) is 6.26 Å². The molecular weight excluding hydrogens is 354 g/mol. The number of hydrogen-bond acceptors (Lipinski definition) is 4. The Morgan fingerprint density at radius 1 is 1.19 bits per heavy atom. The molecule has 1 atom stereocenters. The average molecular weight is 388 g/mol. The summed E-state index contributed by atoms with van der Waals surface area (Å²) in [7, 11) is -3.08. The van der Waals surface area contributed by atoms with Gasteiger partial charge in [0, 0.05) is 45.7 Å². The van der Waals surface area contributed by atoms with Gasteiger partial charge in [0.25, 0.3) is 0 Å². The van der Waals surface area contributed by atoms with Gasteiger partial charge in [-0.15, -0.1) is 0 Å². The second-order valence-corrected chi connectivity index (χ2v) is 9.41. The Morgan fingerprint density at radius 3 is 2.46 bits per heavy atom. The number of aliphatic imine (C=N–C) groups is 1. The van der Waals surface area contributed by atoms with Crippen LogP contribution in [0, 0.1) is 11.8 Å². The summed E-state index contributed by atoms with van der Waals surface area (Å²) in [5, 5.41) is 3.35. The van der Waals surface area contributed by atoms with Crippen LogP contribution in [0.15, 0.2) is 4.99 Å². The van der Waals surface area contributed by atoms with Gasteiger partial charge in [-0.2, -0.15) is 0 Å². The predicted molar refractivity (Wildman–Crippen MR) is 103 cm³/mol. The molecule has 2 aliphatic heterocycles. The highest BCUT2D eigenvalue weighted by molar-refractivity contribution is 7.88. The van der Waals surface area contributed by atoms with Gasteiger partial charge in [-0.05, 0) is 44.4 Å². The van der Waals surface area contributed by atoms with Gasteiger partial charge < -0.3 is 16.0 Å². The molecule has 0 bridgehead atoms. The van der Waals surface area contributed by atoms with Crippen LogP contribution in [0.25, 0.3) is 0 Å². The number of nitrogens with one attached hydrogen (secondary N) is 1. The first-order valence-corrected chi connectivity index (χ1v) is 11.4. The van der Waals surface area contributed by atoms with E-state index in [0.717, 1.165) is 51.3 Å². The van der Waals surface area contributed by atoms with E-state index in [4.69, 9.17) is 10.7 Å². The summed E-state index contributed by atoms with van der Waals surface area (Å²) in [5.74, 6) is 1.36. The first kappa shape index (κ1) is 21.0. The van der Waals surface area contributed by atoms with Gasteiger partial charge in [-0.3, -0.25) is 9.79 Å². The lowest BCUT2D eigenvalue weighted by Crippen LogP contribution is -2.47. The van der Waals surface area contributed by atoms with Crippen molar-refractivity contribution in [1.29, 1.82) is 0 Å². The number of sulfonamides is 1. The molecule has 26 heavy (non-hydrogen) atoms. The monoisotopic (exact) mass is 387 g/mol. The molecule has 2 rings (SSSR count). The molecule has 3 N–H and O–H groups in total. The van der Waals surface area contributed by atoms with E-state index >= 15 is 0 Å². The summed E-state index contributed by atoms with van der Waals surface area (Å²) in [6, 6.07) is 0. The lowest BCUT2D eigenvalue weighted by atomic mass is 9.95. The molecule has 2 saturated heterocycles. The number of nitrogens with two attached hydrogens (primary N) is 1. The summed E-state index contributed by atoms with van der Waals surface area (Å²) < 4.78 is 24.8. The SMILES string of the molecule is CCNC(=NCC1CCN(S(C)(=O)=O)CC1)N1CCCC(CC(N)=O)C1. The van der Waals surface area contributed by atoms with Crippen LogP contribution in [-0.2, 0) is 14.8 Å². The average Bonchev–Trinajstić information content (AvgIpc) is 2.58. The number of piperidine rings is 2. The third kappa shape index (κ3) is 6.42. The Balaban J connectivity index is 1.91. The highest BCUT2D eigenvalue weighted by atomic mass is 32.2. The van der Waals surface area contributed by atoms with Crippen LogP contribution in [0.1, 0.15) is 39.0 Å². The van der Waals surface area contributed by atoms with E-state index < -0.39 is 10.0 Å². The third-order valence-electron chi connectivity index (χ3n) is 5.19. The van der Waals surface area contributed by atoms with Gasteiger partial charge in [0.15, 0.2) is 5.96 Å². The lowest BCUT2D eigenvalue weighted by molar-refractivity contribution is -0.119. The van der Waals surface area contributed by atoms with Crippen LogP contribution in [-0.4, -0.2) is 75.0 Å². The molecule has 9 heteroatoms. The molecule has 1 amide bonds. The maximum absolute atomic E-state index is 11.6. The number of carbonyl (C=O) groups is 1. The van der Waals surface area contributed by atoms with E-state index in [1.165, 1.54) is 6.26 Å². The Bertz CT molecular complexity index is 600. The molecule has 0 aromatic carbocycles. The van der Waals surface area contributed by atoms with Gasteiger partial charge >= 0.3 is 0 Å². The van der Waals surface area contributed by atoms with Crippen LogP contribution in [0.4, 0.5) is 0 Å². The number of hydrogen-bond donors (Lipinski definition) is 2. The highest BCUT2D eigenvalue weighted by Crippen LogP contribution is 2.21. The van der Waals surface area contributed by atoms with Gasteiger partial charge in [0.2, 0.25) is 15.9 Å². The van der Waals surface area contributed by atoms with Gasteiger partial charge in [-0.1, -0.05) is 0 Å². The molecule has 2 heterocycles. The van der Waals surface area contributed by atoms with Crippen LogP contribution >= 0.6 is 0 Å². The smallest absolute Gasteiger partial charge is 0.217 e. The van der Waals surface area contributed by atoms with Crippen LogP contribution in [0.5, 0.6) is 0 Å². The number of likely N-dealkylation sites (tertiary alicyclic amines) is 1. The van der Waals surface area contributed by atoms with Crippen molar-refractivity contribution in [3.8, 4) is 0 Å². The molecule has 2 aliphatic rings. The lowest BCUT2D eigenvalue weighted by Gasteiger charge is -2.35. The molecule has 0 aromatic rings. The molecule has 1 unspecified atom stereocenters. The Morgan fingerprint density at radius 2 is 1.88 bits per heavy atom. The molecule has 0 radical (unpaired) electrons. The standard InChI is InChI=1S/C17H33N5O3S/c1-3-19-17(21-8-4-5-15(13-21)11-16(18)23)20-12-14-6-9-22(10-7-14)26(2,24)25/h14-15H,3-13H2,1-2H3,(H2,18,23)(H,19,20). The fraction of sp³-hybridized carbons (Fsp3) is 0.882. The van der Waals surface area contributed by atoms with E-state index in [2.05, 4.69) is 10.2 Å². The molecular formula is C17H33N5O3S. The van der Waals surface area contributed by atoms with Gasteiger partial charge in [0.1, 0.15) is 0 Å². The molecule has 2 fully saturated rings. The van der Waals surface area contributed by atoms with E-state index in [-0.39, 0.29) is 5.91 Å². The van der Waals surface area contributed by atoms with E-state index in [1.807, 2.05) is 6.92 Å². The zero-order valence-electron chi connectivity index (χ0n) is 16.0. The minimum atomic E-state index is -3.08. The Labute approximate surface area is 157 Å². The van der Waals surface area contributed by atoms with E-state index in [9.17, 15) is 13.2 Å². The highest BCUT2D eigenvalue weighted by Gasteiger charge is 2.26. The maximum atomic E-state index is 11.6. The molecule has 8 nitrogen and oxygen atoms in total. The van der Waals surface area contributed by atoms with E-state index in [1.54, 1.807) is 4.31 Å². The van der Waals surface area contributed by atoms with Crippen molar-refractivity contribution in [1.82, 2.24) is 14.5 Å². The number of primary amides is 1. The summed E-state index contributed by atoms with van der Waals surface area (Å²) in [6.45, 7) is 6.46. The first-order valence-electron chi connectivity index (χ1n) is 9.56. The van der Waals surface area contributed by atoms with Gasteiger partial charge in [-0.25, -0.2) is 12.7 Å². The number of carbonyl (C=O) groups excluding carboxylic acids is 1. The normalized spacial score (nSPS) is 23.8. The second kappa shape index (κ2) is 9.55. The summed E-state index contributed by atoms with van der Waals surface area (Å²) in [4.78, 5) is 18.2. The Hall–Kier alpha value is -1.35. The zero-order chi connectivity index (χ0) is 19.2. The fourth-order valence-electron chi connectivity index (χ4n) is 3.77. The third-order valence-corrected chi connectivity index (χ3v) is 6.49. The number of guanidine groups is 1. The van der Waals surface area contributed by atoms with Crippen molar-refractivity contribution in [3.05, 3.63) is 0 Å². The fourth-order valence-corrected chi connectivity index (χ4v) is 4.65. The van der Waals surface area contributed by atoms with E-state index in [0.29, 0.717) is 37.9 Å². The van der Waals surface area contributed by atoms with Crippen LogP contribution < -0.4 is 11.1 Å². The molecule has 0 saturated carbocycles. The van der Waals surface area contributed by atoms with Crippen molar-refractivity contribution in [2.24, 2.45) is 22.6 Å². The first-order chi connectivity index (χ1) is 12.3. The number of nitrogens with zero attached hydrogens (tertiary/aromatic N) is 3. The number of amides is 1. The topological polar surface area (TPSA) is 108 Å². The predicted octanol–water partition coefficient (Wildman–Crippen LogP) is 0.211. The minimum absolute atomic E-state index is 0.239. The van der Waals surface area contributed by atoms with Crippen LogP contribution in [0.3, 0.4) is 0 Å². The maximum Gasteiger partial charge on any atom is 0.217 e. The van der Waals surface area contributed by atoms with Crippen molar-refractivity contribution >= 4 is 21.9 Å². The Kier molecular flexibility index (Phi) is 7.69. The van der Waals surface area contributed by atoms with Crippen molar-refractivity contribution in [3.63, 3.8) is 0 Å². The molecule has 150 valence electrons. The van der Waals surface area contributed by atoms with Crippen LogP contribution in [0.2, 0.25) is 0 Å². The minimum Gasteiger partial charge on any atom is -0.370 e. The summed E-state index contributed by atoms with van der Waals surface area (Å²) in [5.41, 5.74) is 5.35. The second-order valence-electron chi connectivity index (χ2n) is 7.42.